The van der Waals surface area contributed by atoms with E-state index in [9.17, 15) is 9.59 Å². The van der Waals surface area contributed by atoms with Crippen molar-refractivity contribution in [1.82, 2.24) is 0 Å². The summed E-state index contributed by atoms with van der Waals surface area (Å²) in [4.78, 5) is 27.4. The minimum Gasteiger partial charge on any atom is -0.274 e. The number of rotatable bonds is 1. The molecule has 4 atom stereocenters. The molecule has 0 N–H and O–H groups in total. The second-order valence-electron chi connectivity index (χ2n) is 7.22. The molecule has 2 fully saturated rings. The molecule has 3 aliphatic rings. The molecule has 1 aliphatic heterocycles. The van der Waals surface area contributed by atoms with Crippen molar-refractivity contribution in [1.29, 1.82) is 0 Å². The highest BCUT2D eigenvalue weighted by atomic mass is 16.2. The summed E-state index contributed by atoms with van der Waals surface area (Å²) >= 11 is 0. The van der Waals surface area contributed by atoms with E-state index in [1.54, 1.807) is 0 Å². The van der Waals surface area contributed by atoms with Crippen LogP contribution in [0.5, 0.6) is 0 Å². The third kappa shape index (κ3) is 1.76. The topological polar surface area (TPSA) is 37.4 Å². The fraction of sp³-hybridized carbons (Fsp3) is 0.400. The summed E-state index contributed by atoms with van der Waals surface area (Å²) in [6.45, 7) is 8.21. The number of carbonyl (C=O) groups excluding carboxylic acids is 2. The number of carbonyl (C=O) groups is 2. The Kier molecular flexibility index (Phi) is 2.93. The number of amides is 2. The number of anilines is 1. The first-order valence-electron chi connectivity index (χ1n) is 8.22. The molecule has 0 aromatic heterocycles. The summed E-state index contributed by atoms with van der Waals surface area (Å²) in [5, 5.41) is 0. The quantitative estimate of drug-likeness (QED) is 0.587. The molecule has 1 aromatic carbocycles. The maximum atomic E-state index is 13.0. The molecule has 1 aromatic rings. The monoisotopic (exact) mass is 307 g/mol. The Hall–Kier alpha value is -2.16. The van der Waals surface area contributed by atoms with Gasteiger partial charge in [0.25, 0.3) is 0 Å². The van der Waals surface area contributed by atoms with E-state index in [0.29, 0.717) is 0 Å². The molecule has 2 aliphatic carbocycles. The number of imide groups is 1. The van der Waals surface area contributed by atoms with Gasteiger partial charge in [-0.2, -0.15) is 0 Å². The molecule has 1 heterocycles. The Bertz CT molecular complexity index is 764. The van der Waals surface area contributed by atoms with Crippen LogP contribution in [0.25, 0.3) is 0 Å². The Morgan fingerprint density at radius 2 is 1.48 bits per heavy atom. The third-order valence-corrected chi connectivity index (χ3v) is 5.74. The highest BCUT2D eigenvalue weighted by Crippen LogP contribution is 2.57. The van der Waals surface area contributed by atoms with Crippen molar-refractivity contribution in [2.75, 3.05) is 4.90 Å². The predicted octanol–water partition coefficient (Wildman–Crippen LogP) is 3.56. The Morgan fingerprint density at radius 1 is 0.913 bits per heavy atom. The van der Waals surface area contributed by atoms with Crippen LogP contribution in [0.1, 0.15) is 25.0 Å². The molecule has 23 heavy (non-hydrogen) atoms. The fourth-order valence-electron chi connectivity index (χ4n) is 4.55. The molecule has 2 amide bonds. The zero-order valence-corrected chi connectivity index (χ0v) is 14.0. The summed E-state index contributed by atoms with van der Waals surface area (Å²) in [5.41, 5.74) is 5.53. The predicted molar refractivity (Wildman–Crippen MR) is 89.9 cm³/mol. The van der Waals surface area contributed by atoms with Crippen LogP contribution in [0.15, 0.2) is 41.5 Å². The summed E-state index contributed by atoms with van der Waals surface area (Å²) in [5.74, 6) is -0.239. The number of hydrogen-bond donors (Lipinski definition) is 0. The number of aryl methyl sites for hydroxylation is 2. The van der Waals surface area contributed by atoms with Crippen molar-refractivity contribution in [2.24, 2.45) is 23.7 Å². The van der Waals surface area contributed by atoms with Gasteiger partial charge in [-0.05, 0) is 51.0 Å². The maximum absolute atomic E-state index is 13.0. The van der Waals surface area contributed by atoms with Crippen molar-refractivity contribution >= 4 is 17.5 Å². The van der Waals surface area contributed by atoms with Crippen LogP contribution < -0.4 is 4.90 Å². The van der Waals surface area contributed by atoms with Crippen molar-refractivity contribution in [3.8, 4) is 0 Å². The average Bonchev–Trinajstić information content (AvgIpc) is 3.13. The van der Waals surface area contributed by atoms with Crippen molar-refractivity contribution < 1.29 is 9.59 Å². The molecule has 3 heteroatoms. The Balaban J connectivity index is 1.77. The van der Waals surface area contributed by atoms with Crippen molar-refractivity contribution in [2.45, 2.75) is 27.7 Å². The van der Waals surface area contributed by atoms with Crippen LogP contribution in [0.2, 0.25) is 0 Å². The van der Waals surface area contributed by atoms with Crippen LogP contribution in [0.4, 0.5) is 5.69 Å². The molecule has 0 radical (unpaired) electrons. The van der Waals surface area contributed by atoms with Crippen LogP contribution >= 0.6 is 0 Å². The van der Waals surface area contributed by atoms with E-state index in [2.05, 4.69) is 26.0 Å². The van der Waals surface area contributed by atoms with Gasteiger partial charge in [-0.15, -0.1) is 0 Å². The molecule has 2 bridgehead atoms. The highest BCUT2D eigenvalue weighted by molar-refractivity contribution is 6.23. The first-order chi connectivity index (χ1) is 10.9. The number of benzene rings is 1. The number of nitrogens with zero attached hydrogens (tertiary/aromatic N) is 1. The summed E-state index contributed by atoms with van der Waals surface area (Å²) in [6, 6.07) is 5.81. The van der Waals surface area contributed by atoms with Gasteiger partial charge >= 0.3 is 0 Å². The van der Waals surface area contributed by atoms with E-state index in [1.807, 2.05) is 32.0 Å². The molecule has 0 unspecified atom stereocenters. The maximum Gasteiger partial charge on any atom is 0.238 e. The normalized spacial score (nSPS) is 31.3. The third-order valence-electron chi connectivity index (χ3n) is 5.74. The molecule has 1 saturated carbocycles. The molecular formula is C20H21NO2. The van der Waals surface area contributed by atoms with E-state index >= 15 is 0 Å². The molecule has 4 rings (SSSR count). The lowest BCUT2D eigenvalue weighted by atomic mass is 9.85. The minimum atomic E-state index is -0.205. The largest absolute Gasteiger partial charge is 0.274 e. The Morgan fingerprint density at radius 3 is 1.96 bits per heavy atom. The van der Waals surface area contributed by atoms with E-state index in [4.69, 9.17) is 0 Å². The summed E-state index contributed by atoms with van der Waals surface area (Å²) in [6.07, 6.45) is 4.26. The van der Waals surface area contributed by atoms with Gasteiger partial charge in [-0.25, -0.2) is 4.90 Å². The smallest absolute Gasteiger partial charge is 0.238 e. The van der Waals surface area contributed by atoms with Gasteiger partial charge in [0, 0.05) is 11.8 Å². The molecule has 3 nitrogen and oxygen atoms in total. The summed E-state index contributed by atoms with van der Waals surface area (Å²) in [7, 11) is 0. The lowest BCUT2D eigenvalue weighted by Crippen LogP contribution is -2.33. The van der Waals surface area contributed by atoms with Crippen LogP contribution in [0, 0.1) is 37.5 Å². The van der Waals surface area contributed by atoms with Gasteiger partial charge in [-0.3, -0.25) is 9.59 Å². The standard InChI is InChI=1S/C20H21NO2/c1-10(2)16-14-7-8-15(16)18-17(14)19(22)21(20(18)23)13-6-5-11(3)12(4)9-13/h5-9,14-15,17-18H,1-4H3/t14-,15-,17-,18-/m1/s1. The van der Waals surface area contributed by atoms with Crippen LogP contribution in [0.3, 0.4) is 0 Å². The lowest BCUT2D eigenvalue weighted by molar-refractivity contribution is -0.122. The fourth-order valence-corrected chi connectivity index (χ4v) is 4.55. The molecule has 1 saturated heterocycles. The Labute approximate surface area is 136 Å². The first-order valence-corrected chi connectivity index (χ1v) is 8.22. The summed E-state index contributed by atoms with van der Waals surface area (Å²) < 4.78 is 0. The number of allylic oxidation sites excluding steroid dienone is 4. The lowest BCUT2D eigenvalue weighted by Gasteiger charge is -2.20. The molecule has 0 spiro atoms. The van der Waals surface area contributed by atoms with Gasteiger partial charge in [-0.1, -0.05) is 29.4 Å². The molecule has 118 valence electrons. The van der Waals surface area contributed by atoms with E-state index in [0.717, 1.165) is 11.3 Å². The molecular weight excluding hydrogens is 286 g/mol. The van der Waals surface area contributed by atoms with Gasteiger partial charge in [0.15, 0.2) is 0 Å². The second kappa shape index (κ2) is 4.67. The SMILES string of the molecule is CC(C)=C1[C@H]2C=C[C@H]1[C@H]1C(=O)N(c3ccc(C)c(C)c3)C(=O)[C@@H]12. The van der Waals surface area contributed by atoms with Crippen molar-refractivity contribution in [3.05, 3.63) is 52.6 Å². The second-order valence-corrected chi connectivity index (χ2v) is 7.22. The van der Waals surface area contributed by atoms with Gasteiger partial charge in [0.2, 0.25) is 11.8 Å². The minimum absolute atomic E-state index is 0.0288. The number of fused-ring (bicyclic) bond motifs is 5. The van der Waals surface area contributed by atoms with Gasteiger partial charge in [0.05, 0.1) is 17.5 Å². The van der Waals surface area contributed by atoms with E-state index < -0.39 is 0 Å². The first kappa shape index (κ1) is 14.4. The van der Waals surface area contributed by atoms with Gasteiger partial charge < -0.3 is 0 Å². The van der Waals surface area contributed by atoms with Crippen molar-refractivity contribution in [3.63, 3.8) is 0 Å². The zero-order chi connectivity index (χ0) is 16.5. The van der Waals surface area contributed by atoms with E-state index in [1.165, 1.54) is 21.6 Å². The zero-order valence-electron chi connectivity index (χ0n) is 14.0. The van der Waals surface area contributed by atoms with Gasteiger partial charge in [0.1, 0.15) is 0 Å². The van der Waals surface area contributed by atoms with Crippen LogP contribution in [-0.2, 0) is 9.59 Å². The average molecular weight is 307 g/mol. The number of hydrogen-bond acceptors (Lipinski definition) is 2. The highest BCUT2D eigenvalue weighted by Gasteiger charge is 2.61. The van der Waals surface area contributed by atoms with E-state index in [-0.39, 0.29) is 35.5 Å². The van der Waals surface area contributed by atoms with Crippen LogP contribution in [-0.4, -0.2) is 11.8 Å².